The highest BCUT2D eigenvalue weighted by atomic mass is 16.5. The SMILES string of the molecule is CCOc1ccc(/C(O)=C2\C(=O)C(=O)N(c3ccccc3O)C2c2c[nH]c3ccccc23)cc1C(C)C. The number of aromatic amines is 1. The van der Waals surface area contributed by atoms with Gasteiger partial charge in [0.1, 0.15) is 17.3 Å². The molecule has 0 aliphatic carbocycles. The van der Waals surface area contributed by atoms with Crippen molar-refractivity contribution in [3.05, 3.63) is 95.2 Å². The zero-order valence-electron chi connectivity index (χ0n) is 20.9. The smallest absolute Gasteiger partial charge is 0.300 e. The molecule has 0 spiro atoms. The lowest BCUT2D eigenvalue weighted by molar-refractivity contribution is -0.132. The summed E-state index contributed by atoms with van der Waals surface area (Å²) in [6, 6.07) is 18.2. The van der Waals surface area contributed by atoms with Crippen molar-refractivity contribution in [2.24, 2.45) is 0 Å². The van der Waals surface area contributed by atoms with Crippen molar-refractivity contribution in [1.29, 1.82) is 0 Å². The standard InChI is InChI=1S/C30H28N2O5/c1-4-37-25-14-13-18(15-20(25)17(2)3)28(34)26-27(21-16-31-22-10-6-5-9-19(21)22)32(30(36)29(26)35)23-11-7-8-12-24(23)33/h5-17,27,31,33-34H,4H2,1-3H3/b28-26+. The number of ketones is 1. The number of carbonyl (C=O) groups is 2. The summed E-state index contributed by atoms with van der Waals surface area (Å²) >= 11 is 0. The van der Waals surface area contributed by atoms with Crippen molar-refractivity contribution >= 4 is 34.0 Å². The van der Waals surface area contributed by atoms with Crippen LogP contribution in [-0.4, -0.2) is 33.5 Å². The van der Waals surface area contributed by atoms with Gasteiger partial charge in [0.15, 0.2) is 0 Å². The van der Waals surface area contributed by atoms with Gasteiger partial charge in [-0.1, -0.05) is 44.2 Å². The summed E-state index contributed by atoms with van der Waals surface area (Å²) in [4.78, 5) is 31.4. The molecular formula is C30H28N2O5. The fraction of sp³-hybridized carbons (Fsp3) is 0.200. The Labute approximate surface area is 214 Å². The van der Waals surface area contributed by atoms with Gasteiger partial charge in [-0.25, -0.2) is 0 Å². The van der Waals surface area contributed by atoms with Crippen LogP contribution in [-0.2, 0) is 9.59 Å². The minimum absolute atomic E-state index is 0.0446. The number of H-pyrrole nitrogens is 1. The first-order valence-corrected chi connectivity index (χ1v) is 12.3. The van der Waals surface area contributed by atoms with E-state index in [2.05, 4.69) is 4.98 Å². The van der Waals surface area contributed by atoms with Crippen LogP contribution in [0.2, 0.25) is 0 Å². The molecule has 2 heterocycles. The van der Waals surface area contributed by atoms with Gasteiger partial charge in [-0.15, -0.1) is 0 Å². The molecule has 1 aliphatic rings. The summed E-state index contributed by atoms with van der Waals surface area (Å²) < 4.78 is 5.75. The number of para-hydroxylation sites is 3. The van der Waals surface area contributed by atoms with E-state index in [0.29, 0.717) is 23.5 Å². The minimum atomic E-state index is -0.960. The summed E-state index contributed by atoms with van der Waals surface area (Å²) in [6.07, 6.45) is 1.74. The number of phenolic OH excluding ortho intramolecular Hbond substituents is 1. The van der Waals surface area contributed by atoms with Crippen LogP contribution in [0.25, 0.3) is 16.7 Å². The summed E-state index contributed by atoms with van der Waals surface area (Å²) in [5, 5.41) is 23.0. The number of phenols is 1. The maximum absolute atomic E-state index is 13.5. The first-order chi connectivity index (χ1) is 17.8. The van der Waals surface area contributed by atoms with Crippen LogP contribution in [0, 0.1) is 0 Å². The quantitative estimate of drug-likeness (QED) is 0.172. The van der Waals surface area contributed by atoms with E-state index in [1.54, 1.807) is 42.6 Å². The molecule has 7 heteroatoms. The molecule has 0 radical (unpaired) electrons. The topological polar surface area (TPSA) is 103 Å². The van der Waals surface area contributed by atoms with E-state index < -0.39 is 17.7 Å². The molecule has 7 nitrogen and oxygen atoms in total. The predicted octanol–water partition coefficient (Wildman–Crippen LogP) is 6.02. The van der Waals surface area contributed by atoms with Crippen molar-refractivity contribution in [2.45, 2.75) is 32.7 Å². The Morgan fingerprint density at radius 3 is 2.51 bits per heavy atom. The van der Waals surface area contributed by atoms with E-state index in [4.69, 9.17) is 4.74 Å². The number of ether oxygens (including phenoxy) is 1. The third-order valence-electron chi connectivity index (χ3n) is 6.71. The molecule has 188 valence electrons. The molecule has 4 aromatic rings. The Hall–Kier alpha value is -4.52. The maximum Gasteiger partial charge on any atom is 0.300 e. The van der Waals surface area contributed by atoms with Crippen molar-refractivity contribution in [3.63, 3.8) is 0 Å². The van der Waals surface area contributed by atoms with E-state index in [-0.39, 0.29) is 28.7 Å². The van der Waals surface area contributed by atoms with Crippen LogP contribution < -0.4 is 9.64 Å². The lowest BCUT2D eigenvalue weighted by atomic mass is 9.93. The fourth-order valence-corrected chi connectivity index (χ4v) is 4.95. The lowest BCUT2D eigenvalue weighted by Gasteiger charge is -2.25. The number of aromatic hydroxyl groups is 1. The molecule has 3 aromatic carbocycles. The number of aliphatic hydroxyl groups is 1. The number of carbonyl (C=O) groups excluding carboxylic acids is 2. The average molecular weight is 497 g/mol. The van der Waals surface area contributed by atoms with E-state index in [1.165, 1.54) is 11.0 Å². The number of aliphatic hydroxyl groups excluding tert-OH is 1. The molecule has 0 saturated carbocycles. The van der Waals surface area contributed by atoms with Crippen molar-refractivity contribution in [3.8, 4) is 11.5 Å². The molecule has 37 heavy (non-hydrogen) atoms. The molecule has 1 amide bonds. The monoisotopic (exact) mass is 496 g/mol. The van der Waals surface area contributed by atoms with Gasteiger partial charge in [-0.3, -0.25) is 14.5 Å². The molecule has 1 saturated heterocycles. The maximum atomic E-state index is 13.5. The highest BCUT2D eigenvalue weighted by Crippen LogP contribution is 2.46. The Bertz CT molecular complexity index is 1550. The number of fused-ring (bicyclic) bond motifs is 1. The van der Waals surface area contributed by atoms with Gasteiger partial charge in [0.2, 0.25) is 0 Å². The van der Waals surface area contributed by atoms with Gasteiger partial charge in [-0.05, 0) is 54.8 Å². The second-order valence-electron chi connectivity index (χ2n) is 9.29. The van der Waals surface area contributed by atoms with E-state index in [9.17, 15) is 19.8 Å². The van der Waals surface area contributed by atoms with E-state index in [1.807, 2.05) is 45.0 Å². The largest absolute Gasteiger partial charge is 0.507 e. The normalized spacial score (nSPS) is 17.2. The fourth-order valence-electron chi connectivity index (χ4n) is 4.95. The number of anilines is 1. The number of hydrogen-bond acceptors (Lipinski definition) is 5. The van der Waals surface area contributed by atoms with E-state index in [0.717, 1.165) is 16.5 Å². The molecule has 1 aliphatic heterocycles. The lowest BCUT2D eigenvalue weighted by Crippen LogP contribution is -2.29. The van der Waals surface area contributed by atoms with Crippen LogP contribution in [0.3, 0.4) is 0 Å². The van der Waals surface area contributed by atoms with Crippen molar-refractivity contribution in [1.82, 2.24) is 4.98 Å². The Kier molecular flexibility index (Phi) is 6.21. The number of benzene rings is 3. The van der Waals surface area contributed by atoms with Crippen molar-refractivity contribution in [2.75, 3.05) is 11.5 Å². The molecule has 1 aromatic heterocycles. The Morgan fingerprint density at radius 2 is 1.78 bits per heavy atom. The average Bonchev–Trinajstić information content (AvgIpc) is 3.43. The van der Waals surface area contributed by atoms with Crippen LogP contribution >= 0.6 is 0 Å². The van der Waals surface area contributed by atoms with Crippen LogP contribution in [0.15, 0.2) is 78.5 Å². The highest BCUT2D eigenvalue weighted by Gasteiger charge is 2.48. The molecule has 0 bridgehead atoms. The van der Waals surface area contributed by atoms with Gasteiger partial charge in [0, 0.05) is 28.2 Å². The number of amides is 1. The van der Waals surface area contributed by atoms with Gasteiger partial charge in [0.25, 0.3) is 11.7 Å². The van der Waals surface area contributed by atoms with Crippen molar-refractivity contribution < 1.29 is 24.5 Å². The summed E-state index contributed by atoms with van der Waals surface area (Å²) in [5.74, 6) is -1.27. The number of rotatable bonds is 6. The molecule has 1 atom stereocenters. The minimum Gasteiger partial charge on any atom is -0.507 e. The highest BCUT2D eigenvalue weighted by molar-refractivity contribution is 6.52. The number of nitrogens with one attached hydrogen (secondary N) is 1. The molecule has 1 unspecified atom stereocenters. The summed E-state index contributed by atoms with van der Waals surface area (Å²) in [5.41, 5.74) is 2.89. The summed E-state index contributed by atoms with van der Waals surface area (Å²) in [7, 11) is 0. The zero-order chi connectivity index (χ0) is 26.3. The number of nitrogens with zero attached hydrogens (tertiary/aromatic N) is 1. The predicted molar refractivity (Wildman–Crippen MR) is 143 cm³/mol. The second kappa shape index (κ2) is 9.50. The number of aromatic nitrogens is 1. The third-order valence-corrected chi connectivity index (χ3v) is 6.71. The molecular weight excluding hydrogens is 468 g/mol. The molecule has 3 N–H and O–H groups in total. The Morgan fingerprint density at radius 1 is 1.05 bits per heavy atom. The second-order valence-corrected chi connectivity index (χ2v) is 9.29. The number of Topliss-reactive ketones (excluding diaryl/α,β-unsaturated/α-hetero) is 1. The van der Waals surface area contributed by atoms with Gasteiger partial charge in [-0.2, -0.15) is 0 Å². The third kappa shape index (κ3) is 4.02. The summed E-state index contributed by atoms with van der Waals surface area (Å²) in [6.45, 7) is 6.44. The zero-order valence-corrected chi connectivity index (χ0v) is 20.9. The first kappa shape index (κ1) is 24.2. The van der Waals surface area contributed by atoms with Gasteiger partial charge in [0.05, 0.1) is 23.9 Å². The first-order valence-electron chi connectivity index (χ1n) is 12.3. The van der Waals surface area contributed by atoms with Crippen LogP contribution in [0.1, 0.15) is 49.4 Å². The van der Waals surface area contributed by atoms with Crippen LogP contribution in [0.5, 0.6) is 11.5 Å². The van der Waals surface area contributed by atoms with Crippen LogP contribution in [0.4, 0.5) is 5.69 Å². The van der Waals surface area contributed by atoms with Gasteiger partial charge < -0.3 is 19.9 Å². The number of hydrogen-bond donors (Lipinski definition) is 3. The Balaban J connectivity index is 1.76. The molecule has 5 rings (SSSR count). The van der Waals surface area contributed by atoms with Gasteiger partial charge >= 0.3 is 0 Å². The van der Waals surface area contributed by atoms with E-state index >= 15 is 0 Å². The molecule has 1 fully saturated rings.